The highest BCUT2D eigenvalue weighted by molar-refractivity contribution is 7.22. The molecule has 0 bridgehead atoms. The van der Waals surface area contributed by atoms with Gasteiger partial charge in [-0.1, -0.05) is 41.7 Å². The molecule has 3 rings (SSSR count). The number of fused-ring (bicyclic) bond motifs is 1. The SMILES string of the molecule is Cc1c(O)c(C)c2sc(NCc3ccccc3)nc2c1C. The van der Waals surface area contributed by atoms with E-state index < -0.39 is 0 Å². The van der Waals surface area contributed by atoms with Crippen LogP contribution in [0.1, 0.15) is 22.3 Å². The zero-order valence-corrected chi connectivity index (χ0v) is 13.2. The molecule has 0 radical (unpaired) electrons. The molecule has 2 N–H and O–H groups in total. The number of hydrogen-bond acceptors (Lipinski definition) is 4. The topological polar surface area (TPSA) is 45.1 Å². The summed E-state index contributed by atoms with van der Waals surface area (Å²) in [7, 11) is 0. The Labute approximate surface area is 128 Å². The highest BCUT2D eigenvalue weighted by Crippen LogP contribution is 2.38. The van der Waals surface area contributed by atoms with Gasteiger partial charge in [0.05, 0.1) is 10.2 Å². The van der Waals surface area contributed by atoms with E-state index in [1.165, 1.54) is 5.56 Å². The average Bonchev–Trinajstić information content (AvgIpc) is 2.94. The standard InChI is InChI=1S/C17H18N2OS/c1-10-11(2)15(20)12(3)16-14(10)19-17(21-16)18-9-13-7-5-4-6-8-13/h4-8,20H,9H2,1-3H3,(H,18,19). The van der Waals surface area contributed by atoms with Gasteiger partial charge in [0.1, 0.15) is 5.75 Å². The number of hydrogen-bond donors (Lipinski definition) is 2. The third kappa shape index (κ3) is 2.47. The molecule has 108 valence electrons. The van der Waals surface area contributed by atoms with Gasteiger partial charge < -0.3 is 10.4 Å². The zero-order chi connectivity index (χ0) is 15.0. The van der Waals surface area contributed by atoms with E-state index >= 15 is 0 Å². The van der Waals surface area contributed by atoms with Crippen molar-refractivity contribution in [1.29, 1.82) is 0 Å². The van der Waals surface area contributed by atoms with Crippen molar-refractivity contribution in [3.05, 3.63) is 52.6 Å². The van der Waals surface area contributed by atoms with E-state index in [0.29, 0.717) is 5.75 Å². The summed E-state index contributed by atoms with van der Waals surface area (Å²) < 4.78 is 1.06. The molecular formula is C17H18N2OS. The van der Waals surface area contributed by atoms with E-state index in [1.807, 2.05) is 39.0 Å². The summed E-state index contributed by atoms with van der Waals surface area (Å²) in [4.78, 5) is 4.69. The number of rotatable bonds is 3. The van der Waals surface area contributed by atoms with Gasteiger partial charge in [0.2, 0.25) is 0 Å². The Morgan fingerprint density at radius 3 is 2.48 bits per heavy atom. The predicted octanol–water partition coefficient (Wildman–Crippen LogP) is 4.54. The van der Waals surface area contributed by atoms with Crippen LogP contribution in [-0.2, 0) is 6.54 Å². The lowest BCUT2D eigenvalue weighted by molar-refractivity contribution is 0.467. The number of aryl methyl sites for hydroxylation is 2. The normalized spacial score (nSPS) is 11.0. The summed E-state index contributed by atoms with van der Waals surface area (Å²) in [5, 5.41) is 14.4. The Morgan fingerprint density at radius 2 is 1.76 bits per heavy atom. The molecule has 21 heavy (non-hydrogen) atoms. The Bertz CT molecular complexity index is 749. The van der Waals surface area contributed by atoms with Crippen molar-refractivity contribution in [3.8, 4) is 5.75 Å². The predicted molar refractivity (Wildman–Crippen MR) is 89.3 cm³/mol. The lowest BCUT2D eigenvalue weighted by atomic mass is 10.0. The van der Waals surface area contributed by atoms with E-state index in [9.17, 15) is 5.11 Å². The molecule has 0 amide bonds. The van der Waals surface area contributed by atoms with Crippen molar-refractivity contribution in [3.63, 3.8) is 0 Å². The van der Waals surface area contributed by atoms with Crippen LogP contribution in [0.25, 0.3) is 10.2 Å². The number of anilines is 1. The summed E-state index contributed by atoms with van der Waals surface area (Å²) in [6, 6.07) is 10.3. The quantitative estimate of drug-likeness (QED) is 0.746. The van der Waals surface area contributed by atoms with Gasteiger partial charge in [-0.15, -0.1) is 0 Å². The average molecular weight is 298 g/mol. The first kappa shape index (κ1) is 13.9. The van der Waals surface area contributed by atoms with Gasteiger partial charge in [-0.2, -0.15) is 0 Å². The Balaban J connectivity index is 1.95. The molecule has 2 aromatic carbocycles. The van der Waals surface area contributed by atoms with E-state index in [-0.39, 0.29) is 0 Å². The van der Waals surface area contributed by atoms with Crippen LogP contribution in [0.2, 0.25) is 0 Å². The molecule has 3 aromatic rings. The largest absolute Gasteiger partial charge is 0.507 e. The smallest absolute Gasteiger partial charge is 0.184 e. The summed E-state index contributed by atoms with van der Waals surface area (Å²) in [6.45, 7) is 6.65. The molecule has 4 heteroatoms. The van der Waals surface area contributed by atoms with E-state index in [4.69, 9.17) is 0 Å². The number of phenolic OH excluding ortho intramolecular Hbond substituents is 1. The maximum Gasteiger partial charge on any atom is 0.184 e. The van der Waals surface area contributed by atoms with Crippen LogP contribution < -0.4 is 5.32 Å². The molecule has 0 aliphatic rings. The van der Waals surface area contributed by atoms with Gasteiger partial charge in [-0.05, 0) is 37.5 Å². The van der Waals surface area contributed by atoms with Gasteiger partial charge in [-0.3, -0.25) is 0 Å². The van der Waals surface area contributed by atoms with Crippen LogP contribution in [0.5, 0.6) is 5.75 Å². The van der Waals surface area contributed by atoms with Crippen LogP contribution in [-0.4, -0.2) is 10.1 Å². The molecule has 0 fully saturated rings. The molecule has 0 unspecified atom stereocenters. The van der Waals surface area contributed by atoms with E-state index in [2.05, 4.69) is 22.4 Å². The molecule has 0 spiro atoms. The lowest BCUT2D eigenvalue weighted by Gasteiger charge is -2.07. The van der Waals surface area contributed by atoms with Crippen molar-refractivity contribution >= 4 is 26.7 Å². The summed E-state index contributed by atoms with van der Waals surface area (Å²) in [6.07, 6.45) is 0. The molecule has 0 saturated heterocycles. The Hall–Kier alpha value is -2.07. The van der Waals surface area contributed by atoms with Gasteiger partial charge in [-0.25, -0.2) is 4.98 Å². The number of nitrogens with zero attached hydrogens (tertiary/aromatic N) is 1. The van der Waals surface area contributed by atoms with E-state index in [0.717, 1.165) is 38.6 Å². The molecule has 3 nitrogen and oxygen atoms in total. The zero-order valence-electron chi connectivity index (χ0n) is 12.4. The molecular weight excluding hydrogens is 280 g/mol. The van der Waals surface area contributed by atoms with Crippen LogP contribution in [0.3, 0.4) is 0 Å². The minimum absolute atomic E-state index is 0.387. The van der Waals surface area contributed by atoms with Crippen LogP contribution in [0.15, 0.2) is 30.3 Å². The van der Waals surface area contributed by atoms with Crippen molar-refractivity contribution in [2.24, 2.45) is 0 Å². The second-order valence-electron chi connectivity index (χ2n) is 5.26. The van der Waals surface area contributed by atoms with Crippen LogP contribution in [0, 0.1) is 20.8 Å². The molecule has 1 heterocycles. The molecule has 0 aliphatic heterocycles. The number of aromatic hydroxyl groups is 1. The maximum absolute atomic E-state index is 10.2. The Morgan fingerprint density at radius 1 is 1.05 bits per heavy atom. The summed E-state index contributed by atoms with van der Waals surface area (Å²) >= 11 is 1.60. The highest BCUT2D eigenvalue weighted by Gasteiger charge is 2.15. The highest BCUT2D eigenvalue weighted by atomic mass is 32.1. The van der Waals surface area contributed by atoms with E-state index in [1.54, 1.807) is 11.3 Å². The van der Waals surface area contributed by atoms with Crippen molar-refractivity contribution in [2.45, 2.75) is 27.3 Å². The second-order valence-corrected chi connectivity index (χ2v) is 6.26. The number of phenols is 1. The first-order chi connectivity index (χ1) is 10.1. The second kappa shape index (κ2) is 5.37. The third-order valence-corrected chi connectivity index (χ3v) is 5.02. The summed E-state index contributed by atoms with van der Waals surface area (Å²) in [5.74, 6) is 0.387. The van der Waals surface area contributed by atoms with Gasteiger partial charge >= 0.3 is 0 Å². The van der Waals surface area contributed by atoms with Gasteiger partial charge in [0.15, 0.2) is 5.13 Å². The first-order valence-electron chi connectivity index (χ1n) is 6.95. The number of benzene rings is 2. The summed E-state index contributed by atoms with van der Waals surface area (Å²) in [5.41, 5.74) is 5.10. The van der Waals surface area contributed by atoms with Crippen LogP contribution in [0.4, 0.5) is 5.13 Å². The third-order valence-electron chi connectivity index (χ3n) is 3.88. The minimum Gasteiger partial charge on any atom is -0.507 e. The molecule has 0 saturated carbocycles. The van der Waals surface area contributed by atoms with Crippen molar-refractivity contribution in [2.75, 3.05) is 5.32 Å². The fourth-order valence-electron chi connectivity index (χ4n) is 2.42. The minimum atomic E-state index is 0.387. The van der Waals surface area contributed by atoms with Crippen molar-refractivity contribution < 1.29 is 5.11 Å². The Kier molecular flexibility index (Phi) is 3.55. The lowest BCUT2D eigenvalue weighted by Crippen LogP contribution is -1.98. The van der Waals surface area contributed by atoms with Crippen LogP contribution >= 0.6 is 11.3 Å². The number of nitrogens with one attached hydrogen (secondary N) is 1. The first-order valence-corrected chi connectivity index (χ1v) is 7.76. The van der Waals surface area contributed by atoms with Crippen molar-refractivity contribution in [1.82, 2.24) is 4.98 Å². The van der Waals surface area contributed by atoms with Gasteiger partial charge in [0, 0.05) is 12.1 Å². The van der Waals surface area contributed by atoms with Gasteiger partial charge in [0.25, 0.3) is 0 Å². The monoisotopic (exact) mass is 298 g/mol. The number of thiazole rings is 1. The fraction of sp³-hybridized carbons (Fsp3) is 0.235. The molecule has 1 aromatic heterocycles. The fourth-order valence-corrected chi connectivity index (χ4v) is 3.44. The molecule has 0 aliphatic carbocycles. The molecule has 0 atom stereocenters. The maximum atomic E-state index is 10.2. The number of aromatic nitrogens is 1.